The number of halogens is 1. The second-order valence-electron chi connectivity index (χ2n) is 7.07. The van der Waals surface area contributed by atoms with Gasteiger partial charge in [-0.1, -0.05) is 31.2 Å². The van der Waals surface area contributed by atoms with Gasteiger partial charge in [0.15, 0.2) is 0 Å². The summed E-state index contributed by atoms with van der Waals surface area (Å²) >= 11 is 0. The Hall–Kier alpha value is -1.06. The maximum Gasteiger partial charge on any atom is 0.223 e. The first-order valence-corrected chi connectivity index (χ1v) is 9.37. The zero-order valence-electron chi connectivity index (χ0n) is 14.8. The molecule has 1 saturated heterocycles. The molecule has 1 amide bonds. The van der Waals surface area contributed by atoms with E-state index in [9.17, 15) is 4.79 Å². The lowest BCUT2D eigenvalue weighted by molar-refractivity contribution is -0.134. The molecule has 1 atom stereocenters. The van der Waals surface area contributed by atoms with Crippen LogP contribution < -0.4 is 5.32 Å². The van der Waals surface area contributed by atoms with Gasteiger partial charge in [-0.2, -0.15) is 0 Å². The fourth-order valence-electron chi connectivity index (χ4n) is 4.20. The number of hydrogen-bond acceptors (Lipinski definition) is 2. The summed E-state index contributed by atoms with van der Waals surface area (Å²) in [6.45, 7) is 5.30. The molecule has 4 heteroatoms. The topological polar surface area (TPSA) is 32.3 Å². The minimum Gasteiger partial charge on any atom is -0.336 e. The number of nitrogens with one attached hydrogen (secondary N) is 1. The minimum absolute atomic E-state index is 0. The van der Waals surface area contributed by atoms with Crippen LogP contribution in [0.3, 0.4) is 0 Å². The lowest BCUT2D eigenvalue weighted by atomic mass is 9.93. The summed E-state index contributed by atoms with van der Waals surface area (Å²) < 4.78 is 0. The third kappa shape index (κ3) is 4.52. The second kappa shape index (κ2) is 9.43. The predicted molar refractivity (Wildman–Crippen MR) is 102 cm³/mol. The first-order chi connectivity index (χ1) is 11.3. The van der Waals surface area contributed by atoms with E-state index in [1.165, 1.54) is 24.0 Å². The van der Waals surface area contributed by atoms with Crippen molar-refractivity contribution in [1.82, 2.24) is 10.2 Å². The van der Waals surface area contributed by atoms with Crippen LogP contribution in [0.1, 0.15) is 62.6 Å². The van der Waals surface area contributed by atoms with Crippen LogP contribution in [0.15, 0.2) is 24.3 Å². The Balaban J connectivity index is 0.00000208. The van der Waals surface area contributed by atoms with Crippen LogP contribution in [-0.4, -0.2) is 30.4 Å². The van der Waals surface area contributed by atoms with Crippen molar-refractivity contribution in [2.75, 3.05) is 19.6 Å². The monoisotopic (exact) mass is 350 g/mol. The molecule has 1 unspecified atom stereocenters. The highest BCUT2D eigenvalue weighted by atomic mass is 35.5. The van der Waals surface area contributed by atoms with E-state index in [0.29, 0.717) is 11.9 Å². The van der Waals surface area contributed by atoms with Gasteiger partial charge in [-0.25, -0.2) is 0 Å². The summed E-state index contributed by atoms with van der Waals surface area (Å²) in [6.07, 6.45) is 7.50. The van der Waals surface area contributed by atoms with E-state index < -0.39 is 0 Å². The molecule has 0 saturated carbocycles. The molecule has 1 N–H and O–H groups in total. The van der Waals surface area contributed by atoms with E-state index >= 15 is 0 Å². The third-order valence-corrected chi connectivity index (χ3v) is 5.49. The number of rotatable bonds is 6. The molecule has 3 nitrogen and oxygen atoms in total. The third-order valence-electron chi connectivity index (χ3n) is 5.49. The lowest BCUT2D eigenvalue weighted by Crippen LogP contribution is -2.35. The number of aryl methyl sites for hydroxylation is 1. The Labute approximate surface area is 152 Å². The molecule has 0 bridgehead atoms. The van der Waals surface area contributed by atoms with E-state index in [2.05, 4.69) is 41.4 Å². The fourth-order valence-corrected chi connectivity index (χ4v) is 4.20. The Morgan fingerprint density at radius 1 is 1.21 bits per heavy atom. The Morgan fingerprint density at radius 3 is 2.71 bits per heavy atom. The average molecular weight is 351 g/mol. The summed E-state index contributed by atoms with van der Waals surface area (Å²) in [5.41, 5.74) is 2.82. The van der Waals surface area contributed by atoms with Crippen molar-refractivity contribution < 1.29 is 4.79 Å². The molecular formula is C20H31ClN2O. The SMILES string of the molecule is CCCN(C(=O)CCC1CCNCC1)C1CCc2ccccc21.Cl. The number of carbonyl (C=O) groups is 1. The van der Waals surface area contributed by atoms with Crippen molar-refractivity contribution in [2.24, 2.45) is 5.92 Å². The van der Waals surface area contributed by atoms with Crippen LogP contribution in [0.2, 0.25) is 0 Å². The van der Waals surface area contributed by atoms with Crippen molar-refractivity contribution >= 4 is 18.3 Å². The van der Waals surface area contributed by atoms with E-state index in [0.717, 1.165) is 57.7 Å². The van der Waals surface area contributed by atoms with Crippen molar-refractivity contribution in [3.05, 3.63) is 35.4 Å². The molecule has 1 aliphatic heterocycles. The molecule has 3 rings (SSSR count). The van der Waals surface area contributed by atoms with Crippen LogP contribution in [0.4, 0.5) is 0 Å². The van der Waals surface area contributed by atoms with Gasteiger partial charge in [-0.05, 0) is 68.7 Å². The minimum atomic E-state index is 0. The number of hydrogen-bond donors (Lipinski definition) is 1. The van der Waals surface area contributed by atoms with E-state index in [4.69, 9.17) is 0 Å². The Morgan fingerprint density at radius 2 is 1.96 bits per heavy atom. The summed E-state index contributed by atoms with van der Waals surface area (Å²) in [5.74, 6) is 1.10. The smallest absolute Gasteiger partial charge is 0.223 e. The van der Waals surface area contributed by atoms with E-state index in [-0.39, 0.29) is 12.4 Å². The van der Waals surface area contributed by atoms with E-state index in [1.54, 1.807) is 0 Å². The van der Waals surface area contributed by atoms with Gasteiger partial charge in [0.2, 0.25) is 5.91 Å². The lowest BCUT2D eigenvalue weighted by Gasteiger charge is -2.31. The largest absolute Gasteiger partial charge is 0.336 e. The molecule has 1 aromatic carbocycles. The maximum absolute atomic E-state index is 12.9. The van der Waals surface area contributed by atoms with Gasteiger partial charge in [-0.3, -0.25) is 4.79 Å². The normalized spacial score (nSPS) is 20.3. The summed E-state index contributed by atoms with van der Waals surface area (Å²) in [6, 6.07) is 8.98. The van der Waals surface area contributed by atoms with Crippen molar-refractivity contribution in [2.45, 2.75) is 57.9 Å². The molecular weight excluding hydrogens is 320 g/mol. The van der Waals surface area contributed by atoms with Gasteiger partial charge in [0, 0.05) is 13.0 Å². The second-order valence-corrected chi connectivity index (χ2v) is 7.07. The van der Waals surface area contributed by atoms with Crippen LogP contribution in [0, 0.1) is 5.92 Å². The molecule has 0 spiro atoms. The summed E-state index contributed by atoms with van der Waals surface area (Å²) in [5, 5.41) is 3.41. The average Bonchev–Trinajstić information content (AvgIpc) is 3.02. The first kappa shape index (κ1) is 19.3. The van der Waals surface area contributed by atoms with Gasteiger partial charge in [0.05, 0.1) is 6.04 Å². The Kier molecular flexibility index (Phi) is 7.57. The standard InChI is InChI=1S/C20H30N2O.ClH/c1-2-15-22(19-9-8-17-5-3-4-6-18(17)19)20(23)10-7-16-11-13-21-14-12-16;/h3-6,16,19,21H,2,7-15H2,1H3;1H. The summed E-state index contributed by atoms with van der Waals surface area (Å²) in [4.78, 5) is 15.1. The number of nitrogens with zero attached hydrogens (tertiary/aromatic N) is 1. The molecule has 24 heavy (non-hydrogen) atoms. The molecule has 1 aromatic rings. The number of benzene rings is 1. The summed E-state index contributed by atoms with van der Waals surface area (Å²) in [7, 11) is 0. The maximum atomic E-state index is 12.9. The van der Waals surface area contributed by atoms with Crippen molar-refractivity contribution in [3.63, 3.8) is 0 Å². The molecule has 1 heterocycles. The molecule has 134 valence electrons. The highest BCUT2D eigenvalue weighted by Gasteiger charge is 2.30. The highest BCUT2D eigenvalue weighted by molar-refractivity contribution is 5.85. The molecule has 2 aliphatic rings. The molecule has 1 aliphatic carbocycles. The first-order valence-electron chi connectivity index (χ1n) is 9.37. The van der Waals surface area contributed by atoms with Gasteiger partial charge in [0.25, 0.3) is 0 Å². The van der Waals surface area contributed by atoms with Crippen LogP contribution in [-0.2, 0) is 11.2 Å². The number of piperidine rings is 1. The van der Waals surface area contributed by atoms with Crippen LogP contribution >= 0.6 is 12.4 Å². The quantitative estimate of drug-likeness (QED) is 0.837. The number of amides is 1. The van der Waals surface area contributed by atoms with Crippen molar-refractivity contribution in [1.29, 1.82) is 0 Å². The number of carbonyl (C=O) groups excluding carboxylic acids is 1. The predicted octanol–water partition coefficient (Wildman–Crippen LogP) is 4.11. The highest BCUT2D eigenvalue weighted by Crippen LogP contribution is 2.36. The van der Waals surface area contributed by atoms with E-state index in [1.807, 2.05) is 0 Å². The van der Waals surface area contributed by atoms with Crippen LogP contribution in [0.5, 0.6) is 0 Å². The number of fused-ring (bicyclic) bond motifs is 1. The Bertz CT molecular complexity index is 528. The van der Waals surface area contributed by atoms with Crippen LogP contribution in [0.25, 0.3) is 0 Å². The van der Waals surface area contributed by atoms with Gasteiger partial charge < -0.3 is 10.2 Å². The van der Waals surface area contributed by atoms with Gasteiger partial charge in [0.1, 0.15) is 0 Å². The molecule has 0 radical (unpaired) electrons. The molecule has 0 aromatic heterocycles. The zero-order valence-corrected chi connectivity index (χ0v) is 15.6. The van der Waals surface area contributed by atoms with Crippen molar-refractivity contribution in [3.8, 4) is 0 Å². The van der Waals surface area contributed by atoms with Gasteiger partial charge >= 0.3 is 0 Å². The van der Waals surface area contributed by atoms with Gasteiger partial charge in [-0.15, -0.1) is 12.4 Å². The zero-order chi connectivity index (χ0) is 16.1. The molecule has 1 fully saturated rings. The fraction of sp³-hybridized carbons (Fsp3) is 0.650.